The molecule has 2 aliphatic carbocycles. The summed E-state index contributed by atoms with van der Waals surface area (Å²) >= 11 is 0. The van der Waals surface area contributed by atoms with Gasteiger partial charge in [-0.25, -0.2) is 0 Å². The van der Waals surface area contributed by atoms with Gasteiger partial charge in [0.2, 0.25) is 0 Å². The van der Waals surface area contributed by atoms with Crippen LogP contribution in [0.2, 0.25) is 0 Å². The van der Waals surface area contributed by atoms with Crippen molar-refractivity contribution in [3.05, 3.63) is 240 Å². The van der Waals surface area contributed by atoms with E-state index in [9.17, 15) is 0 Å². The number of fused-ring (bicyclic) bond motifs is 6. The number of benzene rings is 12. The SMILES string of the molecule is CC(C)c1ccccc1-c1cccc2c1oc1c(N(c3cccc(C(C)(C)C)c3)c3cc(C4CCCC4)c4ccc5c(N(c6cccc(C(C)(C)C)c6)c6cccc7c6oc6c(-c8ccccc8C(C)C)cccc67)cc(C6CCCC6)c6ccc3c4c65)cccc12. The molecule has 0 spiro atoms. The first-order valence-electron chi connectivity index (χ1n) is 34.3. The van der Waals surface area contributed by atoms with Crippen molar-refractivity contribution in [2.75, 3.05) is 9.80 Å². The molecule has 4 heteroatoms. The molecule has 2 heterocycles. The zero-order valence-corrected chi connectivity index (χ0v) is 55.3. The Bertz CT molecular complexity index is 4850. The molecule has 92 heavy (non-hydrogen) atoms. The van der Waals surface area contributed by atoms with Gasteiger partial charge in [0.1, 0.15) is 11.2 Å². The van der Waals surface area contributed by atoms with E-state index in [0.29, 0.717) is 23.7 Å². The fourth-order valence-electron chi connectivity index (χ4n) is 16.4. The first-order chi connectivity index (χ1) is 44.6. The Kier molecular flexibility index (Phi) is 14.1. The highest BCUT2D eigenvalue weighted by Gasteiger charge is 2.33. The summed E-state index contributed by atoms with van der Waals surface area (Å²) in [6.45, 7) is 23.2. The minimum Gasteiger partial charge on any atom is -0.453 e. The van der Waals surface area contributed by atoms with E-state index in [-0.39, 0.29) is 10.8 Å². The van der Waals surface area contributed by atoms with Gasteiger partial charge >= 0.3 is 0 Å². The Balaban J connectivity index is 1.01. The Labute approximate surface area is 542 Å². The van der Waals surface area contributed by atoms with Gasteiger partial charge in [-0.2, -0.15) is 0 Å². The van der Waals surface area contributed by atoms with Crippen LogP contribution in [0.1, 0.15) is 178 Å². The van der Waals surface area contributed by atoms with E-state index >= 15 is 0 Å². The van der Waals surface area contributed by atoms with Gasteiger partial charge in [-0.05, 0) is 175 Å². The Morgan fingerprint density at radius 1 is 0.326 bits per heavy atom. The third-order valence-electron chi connectivity index (χ3n) is 21.2. The lowest BCUT2D eigenvalue weighted by Gasteiger charge is -2.32. The lowest BCUT2D eigenvalue weighted by Crippen LogP contribution is -2.16. The average Bonchev–Trinajstić information content (AvgIpc) is 0.759. The summed E-state index contributed by atoms with van der Waals surface area (Å²) in [6.07, 6.45) is 9.62. The molecule has 4 nitrogen and oxygen atoms in total. The molecule has 16 rings (SSSR count). The zero-order valence-electron chi connectivity index (χ0n) is 55.3. The fraction of sp³-hybridized carbons (Fsp3) is 0.273. The van der Waals surface area contributed by atoms with Crippen LogP contribution in [0.15, 0.2) is 215 Å². The van der Waals surface area contributed by atoms with E-state index in [0.717, 1.165) is 77.8 Å². The van der Waals surface area contributed by atoms with Gasteiger partial charge in [0.15, 0.2) is 11.2 Å². The highest BCUT2D eigenvalue weighted by Crippen LogP contribution is 2.56. The van der Waals surface area contributed by atoms with Crippen LogP contribution in [-0.4, -0.2) is 0 Å². The lowest BCUT2D eigenvalue weighted by atomic mass is 9.82. The van der Waals surface area contributed by atoms with Crippen molar-refractivity contribution in [1.82, 2.24) is 0 Å². The second-order valence-electron chi connectivity index (χ2n) is 29.6. The molecule has 2 saturated carbocycles. The van der Waals surface area contributed by atoms with E-state index < -0.39 is 0 Å². The predicted octanol–water partition coefficient (Wildman–Crippen LogP) is 26.8. The van der Waals surface area contributed by atoms with Crippen LogP contribution < -0.4 is 9.80 Å². The van der Waals surface area contributed by atoms with Gasteiger partial charge in [-0.1, -0.05) is 253 Å². The van der Waals surface area contributed by atoms with Crippen LogP contribution in [0.3, 0.4) is 0 Å². The minimum atomic E-state index is -0.0943. The molecular formula is C88H84N2O2. The standard InChI is InChI=1S/C88H84N2O2/c1-53(2)61-33-15-17-35-63(61)67-37-21-39-69-71-41-23-43-77(85(71)91-83(67)69)89(59-31-19-29-57(49-59)87(5,6)7)79-51-75(55-25-11-12-26-55)65-46-48-74-80(52-76(56-27-13-14-28-56)66-45-47-73(79)81(65)82(66)74)90(60-32-20-30-58(50-60)88(8,9)10)78-44-24-42-72-70-40-22-38-68(84(70)92-86(72)78)64-36-18-16-34-62(64)54(3)4/h15-24,29-56H,11-14,25-28H2,1-10H3. The molecule has 2 aliphatic rings. The van der Waals surface area contributed by atoms with Crippen LogP contribution in [0, 0.1) is 0 Å². The number of rotatable bonds is 12. The van der Waals surface area contributed by atoms with Crippen LogP contribution in [0.25, 0.3) is 98.4 Å². The number of nitrogens with zero attached hydrogens (tertiary/aromatic N) is 2. The maximum absolute atomic E-state index is 7.55. The molecule has 0 unspecified atom stereocenters. The van der Waals surface area contributed by atoms with Crippen molar-refractivity contribution < 1.29 is 8.83 Å². The summed E-state index contributed by atoms with van der Waals surface area (Å²) < 4.78 is 15.1. The summed E-state index contributed by atoms with van der Waals surface area (Å²) in [7, 11) is 0. The molecule has 0 saturated heterocycles. The molecular weight excluding hydrogens is 1120 g/mol. The molecule has 458 valence electrons. The van der Waals surface area contributed by atoms with Crippen molar-refractivity contribution in [3.8, 4) is 22.3 Å². The Morgan fingerprint density at radius 3 is 1.07 bits per heavy atom. The molecule has 14 aromatic rings. The number of para-hydroxylation sites is 4. The van der Waals surface area contributed by atoms with Crippen molar-refractivity contribution in [1.29, 1.82) is 0 Å². The smallest absolute Gasteiger partial charge is 0.159 e. The summed E-state index contributed by atoms with van der Waals surface area (Å²) in [6, 6.07) is 78.9. The zero-order chi connectivity index (χ0) is 62.9. The van der Waals surface area contributed by atoms with E-state index in [2.05, 4.69) is 285 Å². The normalized spacial score (nSPS) is 14.6. The highest BCUT2D eigenvalue weighted by atomic mass is 16.3. The first-order valence-corrected chi connectivity index (χ1v) is 34.3. The topological polar surface area (TPSA) is 32.8 Å². The third kappa shape index (κ3) is 9.52. The quantitative estimate of drug-likeness (QED) is 0.114. The molecule has 12 aromatic carbocycles. The molecule has 0 bridgehead atoms. The van der Waals surface area contributed by atoms with E-state index in [1.807, 2.05) is 0 Å². The number of hydrogen-bond donors (Lipinski definition) is 0. The van der Waals surface area contributed by atoms with Crippen molar-refractivity contribution in [2.45, 2.75) is 155 Å². The van der Waals surface area contributed by atoms with Gasteiger partial charge in [0.05, 0.1) is 22.7 Å². The largest absolute Gasteiger partial charge is 0.453 e. The van der Waals surface area contributed by atoms with Crippen LogP contribution in [-0.2, 0) is 10.8 Å². The van der Waals surface area contributed by atoms with E-state index in [1.54, 1.807) is 0 Å². The second kappa shape index (κ2) is 22.3. The predicted molar refractivity (Wildman–Crippen MR) is 393 cm³/mol. The van der Waals surface area contributed by atoms with Crippen LogP contribution in [0.5, 0.6) is 0 Å². The van der Waals surface area contributed by atoms with Gasteiger partial charge < -0.3 is 18.6 Å². The summed E-state index contributed by atoms with van der Waals surface area (Å²) in [5, 5.41) is 12.4. The maximum atomic E-state index is 7.55. The van der Waals surface area contributed by atoms with Gasteiger partial charge in [0.25, 0.3) is 0 Å². The molecule has 0 atom stereocenters. The van der Waals surface area contributed by atoms with Crippen molar-refractivity contribution in [3.63, 3.8) is 0 Å². The summed E-state index contributed by atoms with van der Waals surface area (Å²) in [5.41, 5.74) is 22.9. The second-order valence-corrected chi connectivity index (χ2v) is 29.6. The number of furan rings is 2. The van der Waals surface area contributed by atoms with Crippen LogP contribution >= 0.6 is 0 Å². The van der Waals surface area contributed by atoms with Crippen molar-refractivity contribution in [2.24, 2.45) is 0 Å². The third-order valence-corrected chi connectivity index (χ3v) is 21.2. The summed E-state index contributed by atoms with van der Waals surface area (Å²) in [4.78, 5) is 5.18. The Morgan fingerprint density at radius 2 is 0.674 bits per heavy atom. The Hall–Kier alpha value is -9.12. The molecule has 2 aromatic heterocycles. The monoisotopic (exact) mass is 1200 g/mol. The number of hydrogen-bond acceptors (Lipinski definition) is 4. The molecule has 0 radical (unpaired) electrons. The van der Waals surface area contributed by atoms with Gasteiger partial charge in [0, 0.05) is 54.8 Å². The summed E-state index contributed by atoms with van der Waals surface area (Å²) in [5.74, 6) is 1.53. The molecule has 2 fully saturated rings. The van der Waals surface area contributed by atoms with E-state index in [4.69, 9.17) is 8.83 Å². The minimum absolute atomic E-state index is 0.0943. The molecule has 0 N–H and O–H groups in total. The van der Waals surface area contributed by atoms with Crippen LogP contribution in [0.4, 0.5) is 34.1 Å². The molecule has 0 amide bonds. The van der Waals surface area contributed by atoms with Crippen molar-refractivity contribution >= 4 is 110 Å². The molecule has 0 aliphatic heterocycles. The fourth-order valence-corrected chi connectivity index (χ4v) is 16.4. The van der Waals surface area contributed by atoms with Gasteiger partial charge in [-0.3, -0.25) is 0 Å². The lowest BCUT2D eigenvalue weighted by molar-refractivity contribution is 0.590. The average molecular weight is 1200 g/mol. The maximum Gasteiger partial charge on any atom is 0.159 e. The van der Waals surface area contributed by atoms with Gasteiger partial charge in [-0.15, -0.1) is 0 Å². The van der Waals surface area contributed by atoms with E-state index in [1.165, 1.54) is 140 Å². The first kappa shape index (κ1) is 58.0. The number of anilines is 6. The highest BCUT2D eigenvalue weighted by molar-refractivity contribution is 6.30.